The fraction of sp³-hybridized carbons (Fsp3) is 0.167. The summed E-state index contributed by atoms with van der Waals surface area (Å²) in [5.41, 5.74) is 2.99. The van der Waals surface area contributed by atoms with E-state index in [4.69, 9.17) is 16.0 Å². The van der Waals surface area contributed by atoms with Crippen molar-refractivity contribution in [2.45, 2.75) is 5.92 Å². The van der Waals surface area contributed by atoms with Crippen molar-refractivity contribution in [1.29, 1.82) is 0 Å². The first kappa shape index (κ1) is 20.8. The minimum atomic E-state index is -0.348. The van der Waals surface area contributed by atoms with E-state index < -0.39 is 0 Å². The summed E-state index contributed by atoms with van der Waals surface area (Å²) in [6.45, 7) is 0.260. The Hall–Kier alpha value is -3.51. The summed E-state index contributed by atoms with van der Waals surface area (Å²) in [4.78, 5) is 29.5. The lowest BCUT2D eigenvalue weighted by atomic mass is 9.90. The van der Waals surface area contributed by atoms with Crippen LogP contribution in [-0.2, 0) is 4.79 Å². The zero-order valence-electron chi connectivity index (χ0n) is 17.0. The van der Waals surface area contributed by atoms with Crippen LogP contribution in [0.1, 0.15) is 27.6 Å². The van der Waals surface area contributed by atoms with E-state index in [0.29, 0.717) is 11.6 Å². The van der Waals surface area contributed by atoms with Crippen LogP contribution >= 0.6 is 11.6 Å². The number of aromatic nitrogens is 1. The number of H-pyrrole nitrogens is 1. The predicted octanol–water partition coefficient (Wildman–Crippen LogP) is 4.43. The summed E-state index contributed by atoms with van der Waals surface area (Å²) in [6, 6.07) is 18.8. The van der Waals surface area contributed by atoms with Gasteiger partial charge in [0.1, 0.15) is 0 Å². The maximum atomic E-state index is 12.6. The van der Waals surface area contributed by atoms with Crippen molar-refractivity contribution >= 4 is 34.3 Å². The Morgan fingerprint density at radius 1 is 1.06 bits per heavy atom. The molecule has 1 atom stereocenters. The molecule has 0 unspecified atom stereocenters. The minimum Gasteiger partial charge on any atom is -0.459 e. The third-order valence-corrected chi connectivity index (χ3v) is 5.58. The van der Waals surface area contributed by atoms with E-state index in [0.717, 1.165) is 22.0 Å². The monoisotopic (exact) mass is 435 g/mol. The molecule has 2 aromatic heterocycles. The number of nitrogens with one attached hydrogen (secondary N) is 2. The number of furan rings is 1. The van der Waals surface area contributed by atoms with E-state index in [9.17, 15) is 9.59 Å². The summed E-state index contributed by atoms with van der Waals surface area (Å²) >= 11 is 6.50. The van der Waals surface area contributed by atoms with Gasteiger partial charge in [0.15, 0.2) is 5.76 Å². The van der Waals surface area contributed by atoms with Crippen LogP contribution in [0.5, 0.6) is 0 Å². The van der Waals surface area contributed by atoms with Crippen molar-refractivity contribution in [1.82, 2.24) is 15.2 Å². The van der Waals surface area contributed by atoms with Gasteiger partial charge >= 0.3 is 0 Å². The number of amides is 2. The number of hydrogen-bond donors (Lipinski definition) is 2. The number of halogens is 1. The second kappa shape index (κ2) is 9.10. The smallest absolute Gasteiger partial charge is 0.289 e. The SMILES string of the molecule is CN(CC(=O)NC[C@H](c1ccccc1Cl)c1c[nH]c2ccccc12)C(=O)c1ccco1. The molecule has 158 valence electrons. The predicted molar refractivity (Wildman–Crippen MR) is 120 cm³/mol. The lowest BCUT2D eigenvalue weighted by Gasteiger charge is -2.21. The molecule has 0 aliphatic carbocycles. The average Bonchev–Trinajstić information content (AvgIpc) is 3.45. The van der Waals surface area contributed by atoms with Crippen molar-refractivity contribution < 1.29 is 14.0 Å². The van der Waals surface area contributed by atoms with Gasteiger partial charge in [-0.3, -0.25) is 9.59 Å². The van der Waals surface area contributed by atoms with Crippen LogP contribution in [0.4, 0.5) is 0 Å². The van der Waals surface area contributed by atoms with Gasteiger partial charge in [-0.2, -0.15) is 0 Å². The molecule has 0 fully saturated rings. The largest absolute Gasteiger partial charge is 0.459 e. The third kappa shape index (κ3) is 4.49. The molecule has 0 bridgehead atoms. The molecule has 2 amide bonds. The van der Waals surface area contributed by atoms with Gasteiger partial charge in [0.05, 0.1) is 12.8 Å². The topological polar surface area (TPSA) is 78.3 Å². The van der Waals surface area contributed by atoms with Gasteiger partial charge in [0.2, 0.25) is 5.91 Å². The molecule has 4 rings (SSSR count). The first-order chi connectivity index (χ1) is 15.0. The zero-order chi connectivity index (χ0) is 21.8. The number of para-hydroxylation sites is 1. The molecule has 0 saturated carbocycles. The Bertz CT molecular complexity index is 1200. The van der Waals surface area contributed by atoms with E-state index in [-0.39, 0.29) is 30.0 Å². The number of carbonyl (C=O) groups excluding carboxylic acids is 2. The van der Waals surface area contributed by atoms with Crippen molar-refractivity contribution in [2.75, 3.05) is 20.1 Å². The van der Waals surface area contributed by atoms with Crippen molar-refractivity contribution in [2.24, 2.45) is 0 Å². The van der Waals surface area contributed by atoms with Crippen LogP contribution < -0.4 is 5.32 Å². The number of rotatable bonds is 7. The maximum Gasteiger partial charge on any atom is 0.289 e. The first-order valence-electron chi connectivity index (χ1n) is 9.90. The van der Waals surface area contributed by atoms with Crippen LogP contribution in [0.25, 0.3) is 10.9 Å². The average molecular weight is 436 g/mol. The van der Waals surface area contributed by atoms with E-state index in [1.54, 1.807) is 19.2 Å². The maximum absolute atomic E-state index is 12.6. The lowest BCUT2D eigenvalue weighted by molar-refractivity contribution is -0.121. The third-order valence-electron chi connectivity index (χ3n) is 5.24. The number of aromatic amines is 1. The van der Waals surface area contributed by atoms with E-state index in [1.165, 1.54) is 11.2 Å². The standard InChI is InChI=1S/C24H22ClN3O3/c1-28(24(30)22-11-6-12-31-22)15-23(29)27-14-18(16-7-2-4-9-20(16)25)19-13-26-21-10-5-3-8-17(19)21/h2-13,18,26H,14-15H2,1H3,(H,27,29)/t18-/m1/s1. The van der Waals surface area contributed by atoms with Gasteiger partial charge in [-0.1, -0.05) is 48.0 Å². The van der Waals surface area contributed by atoms with Gasteiger partial charge in [-0.05, 0) is 35.4 Å². The molecule has 2 N–H and O–H groups in total. The highest BCUT2D eigenvalue weighted by atomic mass is 35.5. The summed E-state index contributed by atoms with van der Waals surface area (Å²) in [5.74, 6) is -0.568. The van der Waals surface area contributed by atoms with Gasteiger partial charge in [-0.15, -0.1) is 0 Å². The van der Waals surface area contributed by atoms with Crippen molar-refractivity contribution in [3.63, 3.8) is 0 Å². The number of likely N-dealkylation sites (N-methyl/N-ethyl adjacent to an activating group) is 1. The van der Waals surface area contributed by atoms with Crippen LogP contribution in [-0.4, -0.2) is 41.8 Å². The Labute approximate surface area is 184 Å². The highest BCUT2D eigenvalue weighted by molar-refractivity contribution is 6.31. The van der Waals surface area contributed by atoms with E-state index >= 15 is 0 Å². The molecule has 4 aromatic rings. The molecule has 2 heterocycles. The zero-order valence-corrected chi connectivity index (χ0v) is 17.7. The fourth-order valence-electron chi connectivity index (χ4n) is 3.67. The van der Waals surface area contributed by atoms with Crippen LogP contribution in [0.2, 0.25) is 5.02 Å². The fourth-order valence-corrected chi connectivity index (χ4v) is 3.94. The van der Waals surface area contributed by atoms with Gasteiger partial charge in [0, 0.05) is 41.6 Å². The molecule has 0 aliphatic heterocycles. The number of fused-ring (bicyclic) bond motifs is 1. The first-order valence-corrected chi connectivity index (χ1v) is 10.3. The second-order valence-electron chi connectivity index (χ2n) is 7.31. The van der Waals surface area contributed by atoms with Gasteiger partial charge < -0.3 is 19.6 Å². The number of nitrogens with zero attached hydrogens (tertiary/aromatic N) is 1. The van der Waals surface area contributed by atoms with Crippen LogP contribution in [0, 0.1) is 0 Å². The molecule has 0 radical (unpaired) electrons. The Kier molecular flexibility index (Phi) is 6.09. The van der Waals surface area contributed by atoms with Gasteiger partial charge in [-0.25, -0.2) is 0 Å². The molecular weight excluding hydrogens is 414 g/mol. The normalized spacial score (nSPS) is 11.9. The molecule has 7 heteroatoms. The molecule has 0 aliphatic rings. The lowest BCUT2D eigenvalue weighted by Crippen LogP contribution is -2.39. The molecule has 0 saturated heterocycles. The number of hydrogen-bond acceptors (Lipinski definition) is 3. The quantitative estimate of drug-likeness (QED) is 0.450. The summed E-state index contributed by atoms with van der Waals surface area (Å²) < 4.78 is 5.12. The van der Waals surface area contributed by atoms with Crippen LogP contribution in [0.3, 0.4) is 0 Å². The van der Waals surface area contributed by atoms with Crippen molar-refractivity contribution in [3.05, 3.63) is 95.0 Å². The summed E-state index contributed by atoms with van der Waals surface area (Å²) in [5, 5.41) is 4.67. The molecule has 0 spiro atoms. The Morgan fingerprint density at radius 2 is 1.84 bits per heavy atom. The van der Waals surface area contributed by atoms with E-state index in [1.807, 2.05) is 54.7 Å². The highest BCUT2D eigenvalue weighted by Crippen LogP contribution is 2.34. The van der Waals surface area contributed by atoms with E-state index in [2.05, 4.69) is 10.3 Å². The number of carbonyl (C=O) groups is 2. The Balaban J connectivity index is 1.52. The minimum absolute atomic E-state index is 0.0807. The molecule has 6 nitrogen and oxygen atoms in total. The molecular formula is C24H22ClN3O3. The Morgan fingerprint density at radius 3 is 2.61 bits per heavy atom. The molecule has 31 heavy (non-hydrogen) atoms. The van der Waals surface area contributed by atoms with Crippen molar-refractivity contribution in [3.8, 4) is 0 Å². The second-order valence-corrected chi connectivity index (χ2v) is 7.71. The van der Waals surface area contributed by atoms with Crippen LogP contribution in [0.15, 0.2) is 77.5 Å². The highest BCUT2D eigenvalue weighted by Gasteiger charge is 2.22. The summed E-state index contributed by atoms with van der Waals surface area (Å²) in [7, 11) is 1.57. The molecule has 2 aromatic carbocycles. The van der Waals surface area contributed by atoms with Gasteiger partial charge in [0.25, 0.3) is 5.91 Å². The summed E-state index contributed by atoms with van der Waals surface area (Å²) in [6.07, 6.45) is 3.38. The number of benzene rings is 2.